The lowest BCUT2D eigenvalue weighted by Crippen LogP contribution is -2.49. The average molecular weight is 476 g/mol. The first kappa shape index (κ1) is 24.6. The van der Waals surface area contributed by atoms with Gasteiger partial charge in [-0.25, -0.2) is 9.14 Å². The molecule has 0 bridgehead atoms. The summed E-state index contributed by atoms with van der Waals surface area (Å²) in [6.07, 6.45) is 0. The minimum Gasteiger partial charge on any atom is -0.459 e. The van der Waals surface area contributed by atoms with E-state index in [0.717, 1.165) is 43.1 Å². The van der Waals surface area contributed by atoms with E-state index in [0.29, 0.717) is 5.69 Å². The lowest BCUT2D eigenvalue weighted by molar-refractivity contribution is 0.399. The number of anilines is 1. The van der Waals surface area contributed by atoms with E-state index in [4.69, 9.17) is 9.16 Å². The molecule has 7 heteroatoms. The summed E-state index contributed by atoms with van der Waals surface area (Å²) in [4.78, 5) is 2.14. The van der Waals surface area contributed by atoms with E-state index in [1.807, 2.05) is 43.3 Å². The molecule has 3 aromatic rings. The van der Waals surface area contributed by atoms with Crippen LogP contribution in [0.3, 0.4) is 0 Å². The van der Waals surface area contributed by atoms with Gasteiger partial charge in [0.05, 0.1) is 11.4 Å². The minimum absolute atomic E-state index is 0. The summed E-state index contributed by atoms with van der Waals surface area (Å²) in [5, 5.41) is -0.132. The van der Waals surface area contributed by atoms with Crippen LogP contribution >= 0.6 is 19.6 Å². The highest BCUT2D eigenvalue weighted by atomic mass is 35.5. The molecule has 1 saturated heterocycles. The Hall–Kier alpha value is -2.07. The average Bonchev–Trinajstić information content (AvgIpc) is 3.19. The van der Waals surface area contributed by atoms with E-state index in [9.17, 15) is 4.39 Å². The highest BCUT2D eigenvalue weighted by Crippen LogP contribution is 2.64. The van der Waals surface area contributed by atoms with Crippen molar-refractivity contribution in [3.8, 4) is 0 Å². The quantitative estimate of drug-likeness (QED) is 0.387. The predicted molar refractivity (Wildman–Crippen MR) is 136 cm³/mol. The molecule has 32 heavy (non-hydrogen) atoms. The normalized spacial score (nSPS) is 16.8. The number of hydrogen-bond donors (Lipinski definition) is 0. The Kier molecular flexibility index (Phi) is 7.54. The summed E-state index contributed by atoms with van der Waals surface area (Å²) in [7, 11) is -2.27. The van der Waals surface area contributed by atoms with Crippen molar-refractivity contribution in [1.82, 2.24) is 4.67 Å². The molecule has 1 aromatic heterocycles. The zero-order valence-corrected chi connectivity index (χ0v) is 20.9. The van der Waals surface area contributed by atoms with Crippen LogP contribution in [0.15, 0.2) is 75.9 Å². The molecule has 0 spiro atoms. The SMILES string of the molecule is Cc1ccc(P(=Nc2ccccc2)(N2CCN(c3ccccc3F)CC2)C(C)(C)C)o1.Cl. The highest BCUT2D eigenvalue weighted by Gasteiger charge is 2.44. The van der Waals surface area contributed by atoms with Gasteiger partial charge in [-0.05, 0) is 43.3 Å². The van der Waals surface area contributed by atoms with Crippen molar-refractivity contribution in [1.29, 1.82) is 0 Å². The molecule has 0 amide bonds. The zero-order chi connectivity index (χ0) is 22.1. The summed E-state index contributed by atoms with van der Waals surface area (Å²) < 4.78 is 28.6. The van der Waals surface area contributed by atoms with Gasteiger partial charge in [0.1, 0.15) is 18.8 Å². The molecule has 2 aromatic carbocycles. The molecule has 2 heterocycles. The Morgan fingerprint density at radius 2 is 1.50 bits per heavy atom. The number of hydrogen-bond acceptors (Lipinski definition) is 3. The Balaban J connectivity index is 0.00000289. The van der Waals surface area contributed by atoms with Gasteiger partial charge in [-0.15, -0.1) is 12.4 Å². The lowest BCUT2D eigenvalue weighted by atomic mass is 10.2. The number of nitrogens with zero attached hydrogens (tertiary/aromatic N) is 3. The second-order valence-corrected chi connectivity index (χ2v) is 12.7. The van der Waals surface area contributed by atoms with Crippen molar-refractivity contribution in [2.24, 2.45) is 4.74 Å². The van der Waals surface area contributed by atoms with Gasteiger partial charge >= 0.3 is 0 Å². The minimum atomic E-state index is -2.27. The van der Waals surface area contributed by atoms with Crippen molar-refractivity contribution in [3.05, 3.63) is 78.3 Å². The standard InChI is InChI=1S/C25H31FN3OP.ClH/c1-20-14-15-24(30-20)31(25(2,3)4,27-21-10-6-5-7-11-21)29-18-16-28(17-19-29)23-13-9-8-12-22(23)26;/h5-15H,16-19H2,1-4H3;1H. The van der Waals surface area contributed by atoms with Crippen molar-refractivity contribution >= 4 is 36.5 Å². The molecule has 0 N–H and O–H groups in total. The summed E-state index contributed by atoms with van der Waals surface area (Å²) in [6, 6.07) is 21.4. The number of benzene rings is 2. The van der Waals surface area contributed by atoms with Gasteiger partial charge in [0, 0.05) is 31.3 Å². The van der Waals surface area contributed by atoms with E-state index in [-0.39, 0.29) is 23.4 Å². The third kappa shape index (κ3) is 4.66. The van der Waals surface area contributed by atoms with E-state index < -0.39 is 7.21 Å². The van der Waals surface area contributed by atoms with Gasteiger partial charge in [0.25, 0.3) is 0 Å². The summed E-state index contributed by atoms with van der Waals surface area (Å²) >= 11 is 0. The largest absolute Gasteiger partial charge is 0.459 e. The first-order valence-corrected chi connectivity index (χ1v) is 12.5. The van der Waals surface area contributed by atoms with Gasteiger partial charge in [-0.3, -0.25) is 4.67 Å². The predicted octanol–water partition coefficient (Wildman–Crippen LogP) is 6.84. The Labute approximate surface area is 197 Å². The summed E-state index contributed by atoms with van der Waals surface area (Å²) in [5.74, 6) is 0.736. The maximum Gasteiger partial charge on any atom is 0.157 e. The van der Waals surface area contributed by atoms with Crippen LogP contribution in [0.5, 0.6) is 0 Å². The highest BCUT2D eigenvalue weighted by molar-refractivity contribution is 7.72. The van der Waals surface area contributed by atoms with Gasteiger partial charge < -0.3 is 9.32 Å². The first-order chi connectivity index (χ1) is 14.8. The van der Waals surface area contributed by atoms with Gasteiger partial charge in [-0.1, -0.05) is 51.1 Å². The molecule has 1 aliphatic rings. The molecule has 4 rings (SSSR count). The molecule has 0 radical (unpaired) electrons. The summed E-state index contributed by atoms with van der Waals surface area (Å²) in [6.45, 7) is 11.9. The number of halogens is 2. The van der Waals surface area contributed by atoms with Crippen LogP contribution in [-0.4, -0.2) is 36.0 Å². The molecule has 1 atom stereocenters. The fraction of sp³-hybridized carbons (Fsp3) is 0.360. The third-order valence-electron chi connectivity index (χ3n) is 5.84. The van der Waals surface area contributed by atoms with E-state index in [2.05, 4.69) is 48.5 Å². The van der Waals surface area contributed by atoms with Crippen LogP contribution in [0.4, 0.5) is 15.8 Å². The second-order valence-electron chi connectivity index (χ2n) is 8.98. The molecule has 1 aliphatic heterocycles. The fourth-order valence-corrected chi connectivity index (χ4v) is 8.43. The Bertz CT molecular complexity index is 1090. The molecule has 1 unspecified atom stereocenters. The maximum atomic E-state index is 14.4. The number of furan rings is 1. The van der Waals surface area contributed by atoms with Crippen LogP contribution in [0.25, 0.3) is 0 Å². The lowest BCUT2D eigenvalue weighted by Gasteiger charge is -2.47. The zero-order valence-electron chi connectivity index (χ0n) is 19.2. The maximum absolute atomic E-state index is 14.4. The fourth-order valence-electron chi connectivity index (χ4n) is 4.34. The van der Waals surface area contributed by atoms with Gasteiger partial charge in [-0.2, -0.15) is 0 Å². The molecular weight excluding hydrogens is 444 g/mol. The van der Waals surface area contributed by atoms with Crippen LogP contribution in [0.2, 0.25) is 0 Å². The second kappa shape index (κ2) is 9.82. The van der Waals surface area contributed by atoms with Crippen LogP contribution in [-0.2, 0) is 0 Å². The van der Waals surface area contributed by atoms with Crippen molar-refractivity contribution in [2.45, 2.75) is 32.9 Å². The molecular formula is C25H32ClFN3OP. The van der Waals surface area contributed by atoms with E-state index >= 15 is 0 Å². The first-order valence-electron chi connectivity index (χ1n) is 10.8. The smallest absolute Gasteiger partial charge is 0.157 e. The Morgan fingerprint density at radius 1 is 0.875 bits per heavy atom. The molecule has 0 aliphatic carbocycles. The molecule has 0 saturated carbocycles. The van der Waals surface area contributed by atoms with Crippen LogP contribution < -0.4 is 10.4 Å². The number of aryl methyl sites for hydroxylation is 1. The third-order valence-corrected chi connectivity index (χ3v) is 10.3. The van der Waals surface area contributed by atoms with Gasteiger partial charge in [0.15, 0.2) is 5.50 Å². The molecule has 1 fully saturated rings. The van der Waals surface area contributed by atoms with Crippen molar-refractivity contribution in [3.63, 3.8) is 0 Å². The number of piperazine rings is 1. The van der Waals surface area contributed by atoms with Crippen molar-refractivity contribution < 1.29 is 8.81 Å². The number of para-hydroxylation sites is 1. The molecule has 4 nitrogen and oxygen atoms in total. The number of rotatable bonds is 4. The monoisotopic (exact) mass is 475 g/mol. The van der Waals surface area contributed by atoms with E-state index in [1.54, 1.807) is 6.07 Å². The van der Waals surface area contributed by atoms with Crippen molar-refractivity contribution in [2.75, 3.05) is 31.1 Å². The van der Waals surface area contributed by atoms with Gasteiger partial charge in [0.2, 0.25) is 0 Å². The van der Waals surface area contributed by atoms with E-state index in [1.165, 1.54) is 6.07 Å². The summed E-state index contributed by atoms with van der Waals surface area (Å²) in [5.41, 5.74) is 2.60. The van der Waals surface area contributed by atoms with Crippen LogP contribution in [0.1, 0.15) is 26.5 Å². The van der Waals surface area contributed by atoms with Crippen LogP contribution in [0, 0.1) is 12.7 Å². The Morgan fingerprint density at radius 3 is 2.06 bits per heavy atom. The molecule has 172 valence electrons. The topological polar surface area (TPSA) is 32.0 Å².